The molecule has 0 aromatic carbocycles. The fourth-order valence-electron chi connectivity index (χ4n) is 1.83. The van der Waals surface area contributed by atoms with Crippen LogP contribution in [-0.2, 0) is 14.6 Å². The molecule has 0 unspecified atom stereocenters. The van der Waals surface area contributed by atoms with E-state index in [0.717, 1.165) is 32.6 Å². The van der Waals surface area contributed by atoms with Gasteiger partial charge in [-0.3, -0.25) is 0 Å². The molecule has 0 aliphatic carbocycles. The van der Waals surface area contributed by atoms with Gasteiger partial charge in [-0.25, -0.2) is 8.42 Å². The molecule has 1 saturated heterocycles. The molecule has 0 saturated carbocycles. The van der Waals surface area contributed by atoms with E-state index in [2.05, 4.69) is 12.2 Å². The lowest BCUT2D eigenvalue weighted by molar-refractivity contribution is 0.0455. The Bertz CT molecular complexity index is 294. The SMILES string of the molecule is CCS(=O)(=O)CCCNC1(C)CCOCC1. The van der Waals surface area contributed by atoms with Crippen molar-refractivity contribution in [2.45, 2.75) is 38.6 Å². The normalized spacial score (nSPS) is 20.9. The Balaban J connectivity index is 2.20. The van der Waals surface area contributed by atoms with Crippen LogP contribution in [0, 0.1) is 0 Å². The lowest BCUT2D eigenvalue weighted by Gasteiger charge is -2.34. The van der Waals surface area contributed by atoms with Crippen LogP contribution >= 0.6 is 0 Å². The first-order valence-electron chi connectivity index (χ1n) is 6.01. The highest BCUT2D eigenvalue weighted by atomic mass is 32.2. The molecule has 0 spiro atoms. The summed E-state index contributed by atoms with van der Waals surface area (Å²) in [6, 6.07) is 0. The van der Waals surface area contributed by atoms with Crippen LogP contribution in [0.5, 0.6) is 0 Å². The predicted octanol–water partition coefficient (Wildman–Crippen LogP) is 0.970. The molecule has 1 rings (SSSR count). The molecule has 0 amide bonds. The fraction of sp³-hybridized carbons (Fsp3) is 1.00. The zero-order chi connectivity index (χ0) is 12.1. The first kappa shape index (κ1) is 13.9. The number of hydrogen-bond acceptors (Lipinski definition) is 4. The lowest BCUT2D eigenvalue weighted by atomic mass is 9.92. The van der Waals surface area contributed by atoms with Crippen molar-refractivity contribution in [1.29, 1.82) is 0 Å². The van der Waals surface area contributed by atoms with E-state index in [4.69, 9.17) is 4.74 Å². The molecular weight excluding hydrogens is 226 g/mol. The Morgan fingerprint density at radius 1 is 1.31 bits per heavy atom. The minimum absolute atomic E-state index is 0.133. The molecule has 0 aromatic rings. The van der Waals surface area contributed by atoms with Crippen molar-refractivity contribution in [1.82, 2.24) is 5.32 Å². The van der Waals surface area contributed by atoms with Crippen molar-refractivity contribution >= 4 is 9.84 Å². The third-order valence-corrected chi connectivity index (χ3v) is 5.01. The molecule has 1 heterocycles. The molecule has 4 nitrogen and oxygen atoms in total. The van der Waals surface area contributed by atoms with Gasteiger partial charge in [0.2, 0.25) is 0 Å². The van der Waals surface area contributed by atoms with Crippen molar-refractivity contribution in [3.05, 3.63) is 0 Å². The molecule has 1 N–H and O–H groups in total. The fourth-order valence-corrected chi connectivity index (χ4v) is 2.70. The second kappa shape index (κ2) is 5.98. The second-order valence-corrected chi connectivity index (χ2v) is 7.16. The molecule has 5 heteroatoms. The monoisotopic (exact) mass is 249 g/mol. The van der Waals surface area contributed by atoms with Gasteiger partial charge in [0.25, 0.3) is 0 Å². The number of nitrogens with one attached hydrogen (secondary N) is 1. The van der Waals surface area contributed by atoms with E-state index in [9.17, 15) is 8.42 Å². The minimum Gasteiger partial charge on any atom is -0.381 e. The average Bonchev–Trinajstić information content (AvgIpc) is 2.26. The standard InChI is InChI=1S/C11H23NO3S/c1-3-16(13,14)10-4-7-12-11(2)5-8-15-9-6-11/h12H,3-10H2,1-2H3. The Morgan fingerprint density at radius 2 is 1.94 bits per heavy atom. The van der Waals surface area contributed by atoms with Crippen LogP contribution in [0.3, 0.4) is 0 Å². The largest absolute Gasteiger partial charge is 0.381 e. The van der Waals surface area contributed by atoms with Gasteiger partial charge in [0.15, 0.2) is 0 Å². The summed E-state index contributed by atoms with van der Waals surface area (Å²) >= 11 is 0. The summed E-state index contributed by atoms with van der Waals surface area (Å²) in [5, 5.41) is 3.45. The topological polar surface area (TPSA) is 55.4 Å². The van der Waals surface area contributed by atoms with Gasteiger partial charge >= 0.3 is 0 Å². The quantitative estimate of drug-likeness (QED) is 0.713. The van der Waals surface area contributed by atoms with Gasteiger partial charge in [-0.15, -0.1) is 0 Å². The van der Waals surface area contributed by atoms with Crippen LogP contribution in [0.4, 0.5) is 0 Å². The van der Waals surface area contributed by atoms with Crippen LogP contribution in [0.25, 0.3) is 0 Å². The van der Waals surface area contributed by atoms with E-state index in [1.807, 2.05) is 0 Å². The Hall–Kier alpha value is -0.130. The van der Waals surface area contributed by atoms with Gasteiger partial charge in [-0.1, -0.05) is 6.92 Å². The average molecular weight is 249 g/mol. The maximum atomic E-state index is 11.3. The van der Waals surface area contributed by atoms with Crippen LogP contribution in [0.2, 0.25) is 0 Å². The smallest absolute Gasteiger partial charge is 0.150 e. The van der Waals surface area contributed by atoms with Crippen molar-refractivity contribution in [3.8, 4) is 0 Å². The maximum absolute atomic E-state index is 11.3. The minimum atomic E-state index is -2.81. The van der Waals surface area contributed by atoms with Crippen molar-refractivity contribution in [2.75, 3.05) is 31.3 Å². The molecule has 0 bridgehead atoms. The Kier molecular flexibility index (Phi) is 5.21. The first-order valence-corrected chi connectivity index (χ1v) is 7.83. The van der Waals surface area contributed by atoms with E-state index in [1.165, 1.54) is 0 Å². The summed E-state index contributed by atoms with van der Waals surface area (Å²) in [5.41, 5.74) is 0.133. The summed E-state index contributed by atoms with van der Waals surface area (Å²) in [4.78, 5) is 0. The zero-order valence-corrected chi connectivity index (χ0v) is 11.1. The Labute approximate surface area is 98.7 Å². The molecular formula is C11H23NO3S. The third-order valence-electron chi connectivity index (χ3n) is 3.22. The van der Waals surface area contributed by atoms with Crippen molar-refractivity contribution in [2.24, 2.45) is 0 Å². The van der Waals surface area contributed by atoms with Gasteiger partial charge in [-0.05, 0) is 32.7 Å². The van der Waals surface area contributed by atoms with E-state index in [-0.39, 0.29) is 11.3 Å². The molecule has 0 radical (unpaired) electrons. The highest BCUT2D eigenvalue weighted by molar-refractivity contribution is 7.91. The van der Waals surface area contributed by atoms with E-state index < -0.39 is 9.84 Å². The maximum Gasteiger partial charge on any atom is 0.150 e. The van der Waals surface area contributed by atoms with E-state index >= 15 is 0 Å². The summed E-state index contributed by atoms with van der Waals surface area (Å²) in [7, 11) is -2.81. The number of sulfone groups is 1. The highest BCUT2D eigenvalue weighted by Crippen LogP contribution is 2.19. The molecule has 0 aromatic heterocycles. The van der Waals surface area contributed by atoms with Crippen molar-refractivity contribution in [3.63, 3.8) is 0 Å². The van der Waals surface area contributed by atoms with E-state index in [1.54, 1.807) is 6.92 Å². The lowest BCUT2D eigenvalue weighted by Crippen LogP contribution is -2.47. The first-order chi connectivity index (χ1) is 7.47. The van der Waals surface area contributed by atoms with E-state index in [0.29, 0.717) is 12.2 Å². The van der Waals surface area contributed by atoms with Gasteiger partial charge in [-0.2, -0.15) is 0 Å². The van der Waals surface area contributed by atoms with Gasteiger partial charge < -0.3 is 10.1 Å². The highest BCUT2D eigenvalue weighted by Gasteiger charge is 2.26. The van der Waals surface area contributed by atoms with Crippen LogP contribution in [0.1, 0.15) is 33.1 Å². The summed E-state index contributed by atoms with van der Waals surface area (Å²) < 4.78 is 27.9. The number of rotatable bonds is 6. The molecule has 0 atom stereocenters. The van der Waals surface area contributed by atoms with Crippen LogP contribution in [0.15, 0.2) is 0 Å². The molecule has 1 fully saturated rings. The summed E-state index contributed by atoms with van der Waals surface area (Å²) in [5.74, 6) is 0.543. The molecule has 1 aliphatic rings. The molecule has 96 valence electrons. The van der Waals surface area contributed by atoms with Gasteiger partial charge in [0, 0.05) is 24.5 Å². The number of ether oxygens (including phenoxy) is 1. The summed E-state index contributed by atoms with van der Waals surface area (Å²) in [6.07, 6.45) is 2.72. The Morgan fingerprint density at radius 3 is 2.50 bits per heavy atom. The van der Waals surface area contributed by atoms with Crippen LogP contribution in [-0.4, -0.2) is 45.2 Å². The van der Waals surface area contributed by atoms with Crippen LogP contribution < -0.4 is 5.32 Å². The molecule has 16 heavy (non-hydrogen) atoms. The zero-order valence-electron chi connectivity index (χ0n) is 10.3. The summed E-state index contributed by atoms with van der Waals surface area (Å²) in [6.45, 7) is 6.26. The van der Waals surface area contributed by atoms with Gasteiger partial charge in [0.05, 0.1) is 5.75 Å². The van der Waals surface area contributed by atoms with Gasteiger partial charge in [0.1, 0.15) is 9.84 Å². The number of hydrogen-bond donors (Lipinski definition) is 1. The predicted molar refractivity (Wildman–Crippen MR) is 65.4 cm³/mol. The van der Waals surface area contributed by atoms with Crippen molar-refractivity contribution < 1.29 is 13.2 Å². The third kappa shape index (κ3) is 4.80. The second-order valence-electron chi connectivity index (χ2n) is 4.69. The molecule has 1 aliphatic heterocycles.